The number of hydrogen-bond acceptors (Lipinski definition) is 6. The predicted molar refractivity (Wildman–Crippen MR) is 114 cm³/mol. The first kappa shape index (κ1) is 20.7. The van der Waals surface area contributed by atoms with Gasteiger partial charge in [0.1, 0.15) is 15.8 Å². The topological polar surface area (TPSA) is 79.8 Å². The number of carbonyl (C=O) groups is 1. The Labute approximate surface area is 177 Å². The number of benzene rings is 1. The first-order chi connectivity index (χ1) is 14.5. The summed E-state index contributed by atoms with van der Waals surface area (Å²) in [6.45, 7) is 1.63. The van der Waals surface area contributed by atoms with E-state index in [0.717, 1.165) is 39.2 Å². The quantitative estimate of drug-likeness (QED) is 0.604. The number of nitrogens with one attached hydrogen (secondary N) is 2. The Morgan fingerprint density at radius 2 is 1.97 bits per heavy atom. The van der Waals surface area contributed by atoms with Gasteiger partial charge in [-0.2, -0.15) is 0 Å². The maximum Gasteiger partial charge on any atom is 0.250 e. The van der Waals surface area contributed by atoms with Crippen LogP contribution in [0.15, 0.2) is 30.5 Å². The summed E-state index contributed by atoms with van der Waals surface area (Å²) < 4.78 is 24.7. The zero-order chi connectivity index (χ0) is 21.1. The molecule has 0 spiro atoms. The van der Waals surface area contributed by atoms with Gasteiger partial charge in [0.15, 0.2) is 0 Å². The Balaban J connectivity index is 1.40. The molecule has 4 rings (SSSR count). The number of aromatic nitrogens is 3. The zero-order valence-electron chi connectivity index (χ0n) is 16.6. The van der Waals surface area contributed by atoms with Gasteiger partial charge in [-0.1, -0.05) is 23.5 Å². The van der Waals surface area contributed by atoms with Gasteiger partial charge in [-0.15, -0.1) is 10.2 Å². The first-order valence-electron chi connectivity index (χ1n) is 10.0. The molecule has 2 heterocycles. The largest absolute Gasteiger partial charge is 0.310 e. The molecule has 0 radical (unpaired) electrons. The van der Waals surface area contributed by atoms with Gasteiger partial charge in [0.05, 0.1) is 6.54 Å². The summed E-state index contributed by atoms with van der Waals surface area (Å²) in [6.07, 6.45) is 2.20. The predicted octanol–water partition coefficient (Wildman–Crippen LogP) is 4.41. The third-order valence-electron chi connectivity index (χ3n) is 5.40. The van der Waals surface area contributed by atoms with Crippen molar-refractivity contribution in [1.82, 2.24) is 20.5 Å². The van der Waals surface area contributed by atoms with Gasteiger partial charge in [0, 0.05) is 29.1 Å². The number of fused-ring (bicyclic) bond motifs is 1. The summed E-state index contributed by atoms with van der Waals surface area (Å²) >= 11 is 1.53. The molecule has 0 bridgehead atoms. The van der Waals surface area contributed by atoms with Crippen molar-refractivity contribution in [2.24, 2.45) is 5.92 Å². The molecule has 2 aromatic heterocycles. The molecule has 9 heteroatoms. The molecule has 1 aromatic carbocycles. The van der Waals surface area contributed by atoms with Crippen LogP contribution in [0.25, 0.3) is 21.3 Å². The van der Waals surface area contributed by atoms with Gasteiger partial charge in [-0.25, -0.2) is 13.8 Å². The number of hydrogen-bond donors (Lipinski definition) is 2. The highest BCUT2D eigenvalue weighted by Gasteiger charge is 2.26. The number of aryl methyl sites for hydroxylation is 1. The van der Waals surface area contributed by atoms with E-state index in [1.54, 1.807) is 6.20 Å². The number of rotatable bonds is 6. The molecule has 1 saturated carbocycles. The van der Waals surface area contributed by atoms with E-state index in [4.69, 9.17) is 0 Å². The Bertz CT molecular complexity index is 1030. The molecule has 0 unspecified atom stereocenters. The van der Waals surface area contributed by atoms with E-state index in [9.17, 15) is 13.6 Å². The second-order valence-electron chi connectivity index (χ2n) is 7.59. The SMILES string of the molecule is Cc1nnc(-c2ccc3cnc(NC(=O)C4CCC(NCC(F)F)CC4)cc3c2)s1. The summed E-state index contributed by atoms with van der Waals surface area (Å²) in [5, 5.41) is 17.7. The van der Waals surface area contributed by atoms with Crippen LogP contribution in [0, 0.1) is 12.8 Å². The van der Waals surface area contributed by atoms with E-state index in [1.807, 2.05) is 31.2 Å². The molecule has 6 nitrogen and oxygen atoms in total. The summed E-state index contributed by atoms with van der Waals surface area (Å²) in [5.41, 5.74) is 0.978. The highest BCUT2D eigenvalue weighted by Crippen LogP contribution is 2.29. The lowest BCUT2D eigenvalue weighted by Gasteiger charge is -2.28. The molecule has 1 amide bonds. The van der Waals surface area contributed by atoms with Crippen molar-refractivity contribution in [3.8, 4) is 10.6 Å². The number of pyridine rings is 1. The molecule has 158 valence electrons. The van der Waals surface area contributed by atoms with Gasteiger partial charge in [0.25, 0.3) is 6.43 Å². The van der Waals surface area contributed by atoms with Crippen molar-refractivity contribution in [2.75, 3.05) is 11.9 Å². The summed E-state index contributed by atoms with van der Waals surface area (Å²) in [5.74, 6) is 0.323. The van der Waals surface area contributed by atoms with Crippen LogP contribution in [0.3, 0.4) is 0 Å². The monoisotopic (exact) mass is 431 g/mol. The number of amides is 1. The van der Waals surface area contributed by atoms with Crippen LogP contribution in [-0.2, 0) is 4.79 Å². The molecular formula is C21H23F2N5OS. The third kappa shape index (κ3) is 4.96. The Morgan fingerprint density at radius 3 is 2.67 bits per heavy atom. The minimum Gasteiger partial charge on any atom is -0.310 e. The molecule has 0 aliphatic heterocycles. The minimum atomic E-state index is -2.35. The van der Waals surface area contributed by atoms with Crippen LogP contribution >= 0.6 is 11.3 Å². The second-order valence-corrected chi connectivity index (χ2v) is 8.78. The van der Waals surface area contributed by atoms with Gasteiger partial charge in [-0.05, 0) is 50.1 Å². The Hall–Kier alpha value is -2.52. The number of alkyl halides is 2. The number of carbonyl (C=O) groups excluding carboxylic acids is 1. The maximum absolute atomic E-state index is 12.7. The van der Waals surface area contributed by atoms with Crippen LogP contribution in [-0.4, -0.2) is 40.1 Å². The highest BCUT2D eigenvalue weighted by molar-refractivity contribution is 7.14. The normalized spacial score (nSPS) is 19.3. The average Bonchev–Trinajstić information content (AvgIpc) is 3.18. The fourth-order valence-corrected chi connectivity index (χ4v) is 4.49. The van der Waals surface area contributed by atoms with Crippen molar-refractivity contribution < 1.29 is 13.6 Å². The average molecular weight is 432 g/mol. The molecule has 0 atom stereocenters. The third-order valence-corrected chi connectivity index (χ3v) is 6.29. The van der Waals surface area contributed by atoms with E-state index in [0.29, 0.717) is 18.7 Å². The molecule has 1 fully saturated rings. The Morgan fingerprint density at radius 1 is 1.17 bits per heavy atom. The van der Waals surface area contributed by atoms with Crippen molar-refractivity contribution in [3.05, 3.63) is 35.5 Å². The van der Waals surface area contributed by atoms with E-state index in [1.165, 1.54) is 11.3 Å². The van der Waals surface area contributed by atoms with Crippen LogP contribution < -0.4 is 10.6 Å². The van der Waals surface area contributed by atoms with Crippen LogP contribution in [0.1, 0.15) is 30.7 Å². The van der Waals surface area contributed by atoms with E-state index >= 15 is 0 Å². The van der Waals surface area contributed by atoms with Crippen molar-refractivity contribution in [1.29, 1.82) is 0 Å². The number of halogens is 2. The molecule has 2 N–H and O–H groups in total. The van der Waals surface area contributed by atoms with Gasteiger partial charge < -0.3 is 10.6 Å². The summed E-state index contributed by atoms with van der Waals surface area (Å²) in [7, 11) is 0. The van der Waals surface area contributed by atoms with Crippen LogP contribution in [0.5, 0.6) is 0 Å². The maximum atomic E-state index is 12.7. The van der Waals surface area contributed by atoms with E-state index < -0.39 is 6.43 Å². The number of nitrogens with zero attached hydrogens (tertiary/aromatic N) is 3. The molecule has 1 aliphatic carbocycles. The number of anilines is 1. The first-order valence-corrected chi connectivity index (χ1v) is 10.8. The second kappa shape index (κ2) is 9.09. The molecular weight excluding hydrogens is 408 g/mol. The lowest BCUT2D eigenvalue weighted by Crippen LogP contribution is -2.38. The lowest BCUT2D eigenvalue weighted by molar-refractivity contribution is -0.120. The standard InChI is InChI=1S/C21H23F2N5OS/c1-12-27-28-21(30-12)14-2-3-15-10-25-19(9-16(15)8-14)26-20(29)13-4-6-17(7-5-13)24-11-18(22)23/h2-3,8-10,13,17-18,24H,4-7,11H2,1H3,(H,25,26,29). The lowest BCUT2D eigenvalue weighted by atomic mass is 9.85. The minimum absolute atomic E-state index is 0.0595. The summed E-state index contributed by atoms with van der Waals surface area (Å²) in [4.78, 5) is 17.0. The van der Waals surface area contributed by atoms with Crippen molar-refractivity contribution in [2.45, 2.75) is 45.1 Å². The Kier molecular flexibility index (Phi) is 6.29. The van der Waals surface area contributed by atoms with Crippen LogP contribution in [0.2, 0.25) is 0 Å². The van der Waals surface area contributed by atoms with Crippen molar-refractivity contribution in [3.63, 3.8) is 0 Å². The van der Waals surface area contributed by atoms with Gasteiger partial charge in [0.2, 0.25) is 5.91 Å². The van der Waals surface area contributed by atoms with Crippen molar-refractivity contribution >= 4 is 33.8 Å². The zero-order valence-corrected chi connectivity index (χ0v) is 17.4. The fourth-order valence-electron chi connectivity index (χ4n) is 3.80. The van der Waals surface area contributed by atoms with E-state index in [-0.39, 0.29) is 24.4 Å². The van der Waals surface area contributed by atoms with E-state index in [2.05, 4.69) is 25.8 Å². The molecule has 1 aliphatic rings. The van der Waals surface area contributed by atoms with Crippen LogP contribution in [0.4, 0.5) is 14.6 Å². The molecule has 3 aromatic rings. The molecule has 30 heavy (non-hydrogen) atoms. The molecule has 0 saturated heterocycles. The fraction of sp³-hybridized carbons (Fsp3) is 0.429. The van der Waals surface area contributed by atoms with Gasteiger partial charge in [-0.3, -0.25) is 4.79 Å². The summed E-state index contributed by atoms with van der Waals surface area (Å²) in [6, 6.07) is 7.91. The highest BCUT2D eigenvalue weighted by atomic mass is 32.1. The smallest absolute Gasteiger partial charge is 0.250 e. The van der Waals surface area contributed by atoms with Gasteiger partial charge >= 0.3 is 0 Å².